The van der Waals surface area contributed by atoms with Gasteiger partial charge in [-0.15, -0.1) is 0 Å². The summed E-state index contributed by atoms with van der Waals surface area (Å²) in [6.07, 6.45) is 0.823. The molecule has 0 saturated carbocycles. The van der Waals surface area contributed by atoms with E-state index in [1.54, 1.807) is 0 Å². The normalized spacial score (nSPS) is 27.1. The summed E-state index contributed by atoms with van der Waals surface area (Å²) in [5, 5.41) is 10.3. The number of carbonyl (C=O) groups is 1. The zero-order chi connectivity index (χ0) is 13.1. The third-order valence-electron chi connectivity index (χ3n) is 3.49. The smallest absolute Gasteiger partial charge is 0.247 e. The number of rotatable bonds is 5. The van der Waals surface area contributed by atoms with E-state index in [9.17, 15) is 9.90 Å². The van der Waals surface area contributed by atoms with Gasteiger partial charge in [0.05, 0.1) is 11.7 Å². The average molecular weight is 244 g/mol. The van der Waals surface area contributed by atoms with Crippen LogP contribution in [0.4, 0.5) is 0 Å². The summed E-state index contributed by atoms with van der Waals surface area (Å²) in [5.74, 6) is -0.432. The third kappa shape index (κ3) is 3.94. The summed E-state index contributed by atoms with van der Waals surface area (Å²) >= 11 is 0. The number of ether oxygens (including phenoxy) is 1. The van der Waals surface area contributed by atoms with Crippen LogP contribution in [-0.4, -0.2) is 53.4 Å². The molecule has 0 aliphatic carbocycles. The van der Waals surface area contributed by atoms with Gasteiger partial charge in [-0.2, -0.15) is 0 Å². The number of hydrogen-bond donors (Lipinski definition) is 2. The number of primary amides is 1. The molecule has 17 heavy (non-hydrogen) atoms. The Morgan fingerprint density at radius 1 is 1.47 bits per heavy atom. The number of amides is 1. The maximum absolute atomic E-state index is 11.2. The standard InChI is InChI=1S/C12H24N2O3/c1-4-12(16,5-2)8-14-6-9(3)17-10(7-14)11(13)15/h9-10,16H,4-8H2,1-3H3,(H2,13,15)/t9-,10?/m1/s1. The summed E-state index contributed by atoms with van der Waals surface area (Å²) in [6.45, 7) is 7.63. The molecule has 0 spiro atoms. The van der Waals surface area contributed by atoms with Crippen LogP contribution in [0.3, 0.4) is 0 Å². The maximum atomic E-state index is 11.2. The van der Waals surface area contributed by atoms with E-state index in [0.717, 1.165) is 6.54 Å². The first-order valence-electron chi connectivity index (χ1n) is 6.29. The van der Waals surface area contributed by atoms with Crippen molar-refractivity contribution in [3.05, 3.63) is 0 Å². The largest absolute Gasteiger partial charge is 0.389 e. The molecule has 1 fully saturated rings. The minimum Gasteiger partial charge on any atom is -0.389 e. The van der Waals surface area contributed by atoms with E-state index in [4.69, 9.17) is 10.5 Å². The topological polar surface area (TPSA) is 75.8 Å². The van der Waals surface area contributed by atoms with E-state index in [1.807, 2.05) is 20.8 Å². The molecule has 0 aromatic heterocycles. The zero-order valence-corrected chi connectivity index (χ0v) is 11.0. The van der Waals surface area contributed by atoms with Gasteiger partial charge in [0.2, 0.25) is 5.91 Å². The predicted octanol–water partition coefficient (Wildman–Crippen LogP) is 0.112. The number of hydrogen-bond acceptors (Lipinski definition) is 4. The monoisotopic (exact) mass is 244 g/mol. The van der Waals surface area contributed by atoms with Gasteiger partial charge in [0.15, 0.2) is 0 Å². The summed E-state index contributed by atoms with van der Waals surface area (Å²) < 4.78 is 5.46. The molecule has 5 heteroatoms. The van der Waals surface area contributed by atoms with Crippen LogP contribution in [0.1, 0.15) is 33.6 Å². The van der Waals surface area contributed by atoms with Gasteiger partial charge in [-0.05, 0) is 19.8 Å². The quantitative estimate of drug-likeness (QED) is 0.720. The van der Waals surface area contributed by atoms with Crippen molar-refractivity contribution in [1.82, 2.24) is 4.90 Å². The van der Waals surface area contributed by atoms with E-state index in [-0.39, 0.29) is 6.10 Å². The molecular weight excluding hydrogens is 220 g/mol. The van der Waals surface area contributed by atoms with E-state index >= 15 is 0 Å². The Morgan fingerprint density at radius 2 is 2.06 bits per heavy atom. The summed E-state index contributed by atoms with van der Waals surface area (Å²) in [5.41, 5.74) is 4.59. The summed E-state index contributed by atoms with van der Waals surface area (Å²) in [6, 6.07) is 0. The molecule has 1 amide bonds. The highest BCUT2D eigenvalue weighted by molar-refractivity contribution is 5.79. The molecule has 1 unspecified atom stereocenters. The van der Waals surface area contributed by atoms with E-state index in [0.29, 0.717) is 25.9 Å². The fourth-order valence-corrected chi connectivity index (χ4v) is 2.22. The number of carbonyl (C=O) groups excluding carboxylic acids is 1. The summed E-state index contributed by atoms with van der Waals surface area (Å²) in [7, 11) is 0. The van der Waals surface area contributed by atoms with Crippen molar-refractivity contribution in [3.8, 4) is 0 Å². The molecular formula is C12H24N2O3. The molecule has 0 radical (unpaired) electrons. The lowest BCUT2D eigenvalue weighted by atomic mass is 9.96. The second-order valence-electron chi connectivity index (χ2n) is 4.96. The second-order valence-corrected chi connectivity index (χ2v) is 4.96. The molecule has 1 aliphatic rings. The minimum absolute atomic E-state index is 0.0285. The highest BCUT2D eigenvalue weighted by atomic mass is 16.5. The van der Waals surface area contributed by atoms with Crippen molar-refractivity contribution in [2.45, 2.75) is 51.4 Å². The molecule has 1 heterocycles. The molecule has 0 aromatic rings. The molecule has 0 aromatic carbocycles. The number of aliphatic hydroxyl groups is 1. The van der Waals surface area contributed by atoms with Crippen molar-refractivity contribution in [1.29, 1.82) is 0 Å². The maximum Gasteiger partial charge on any atom is 0.247 e. The molecule has 2 atom stereocenters. The molecule has 3 N–H and O–H groups in total. The van der Waals surface area contributed by atoms with Gasteiger partial charge in [0.25, 0.3) is 0 Å². The first-order chi connectivity index (χ1) is 7.90. The van der Waals surface area contributed by atoms with Crippen molar-refractivity contribution in [2.75, 3.05) is 19.6 Å². The van der Waals surface area contributed by atoms with Crippen molar-refractivity contribution >= 4 is 5.91 Å². The lowest BCUT2D eigenvalue weighted by Crippen LogP contribution is -2.55. The van der Waals surface area contributed by atoms with Crippen LogP contribution in [0.25, 0.3) is 0 Å². The van der Waals surface area contributed by atoms with Crippen molar-refractivity contribution in [2.24, 2.45) is 5.73 Å². The minimum atomic E-state index is -0.681. The Balaban J connectivity index is 2.61. The van der Waals surface area contributed by atoms with Crippen LogP contribution in [0.15, 0.2) is 0 Å². The zero-order valence-electron chi connectivity index (χ0n) is 11.0. The predicted molar refractivity (Wildman–Crippen MR) is 65.5 cm³/mol. The third-order valence-corrected chi connectivity index (χ3v) is 3.49. The van der Waals surface area contributed by atoms with E-state index in [2.05, 4.69) is 4.90 Å². The lowest BCUT2D eigenvalue weighted by Gasteiger charge is -2.39. The van der Waals surface area contributed by atoms with Crippen molar-refractivity contribution < 1.29 is 14.6 Å². The molecule has 1 aliphatic heterocycles. The Kier molecular flexibility index (Phi) is 4.91. The van der Waals surface area contributed by atoms with E-state index < -0.39 is 17.6 Å². The lowest BCUT2D eigenvalue weighted by molar-refractivity contribution is -0.145. The van der Waals surface area contributed by atoms with Crippen LogP contribution in [0, 0.1) is 0 Å². The fourth-order valence-electron chi connectivity index (χ4n) is 2.22. The van der Waals surface area contributed by atoms with Gasteiger partial charge < -0.3 is 15.6 Å². The second kappa shape index (κ2) is 5.80. The van der Waals surface area contributed by atoms with Crippen LogP contribution in [-0.2, 0) is 9.53 Å². The Bertz CT molecular complexity index is 266. The first kappa shape index (κ1) is 14.4. The molecule has 1 rings (SSSR count). The number of β-amino-alcohol motifs (C(OH)–C–C–N with tert-alkyl or cyclic N) is 1. The molecule has 0 bridgehead atoms. The highest BCUT2D eigenvalue weighted by Gasteiger charge is 2.33. The van der Waals surface area contributed by atoms with Gasteiger partial charge in [-0.3, -0.25) is 9.69 Å². The Morgan fingerprint density at radius 3 is 2.53 bits per heavy atom. The molecule has 100 valence electrons. The number of nitrogens with two attached hydrogens (primary N) is 1. The van der Waals surface area contributed by atoms with Gasteiger partial charge in [0.1, 0.15) is 6.10 Å². The average Bonchev–Trinajstić information content (AvgIpc) is 2.28. The Labute approximate surface area is 103 Å². The van der Waals surface area contributed by atoms with Crippen LogP contribution < -0.4 is 5.73 Å². The van der Waals surface area contributed by atoms with Crippen molar-refractivity contribution in [3.63, 3.8) is 0 Å². The highest BCUT2D eigenvalue weighted by Crippen LogP contribution is 2.19. The van der Waals surface area contributed by atoms with Gasteiger partial charge in [-0.25, -0.2) is 0 Å². The SMILES string of the molecule is CCC(O)(CC)CN1CC(C(N)=O)O[C@H](C)C1. The van der Waals surface area contributed by atoms with Gasteiger partial charge >= 0.3 is 0 Å². The first-order valence-corrected chi connectivity index (χ1v) is 6.29. The van der Waals surface area contributed by atoms with Gasteiger partial charge in [-0.1, -0.05) is 13.8 Å². The van der Waals surface area contributed by atoms with Crippen LogP contribution in [0.5, 0.6) is 0 Å². The van der Waals surface area contributed by atoms with Crippen LogP contribution >= 0.6 is 0 Å². The summed E-state index contributed by atoms with van der Waals surface area (Å²) in [4.78, 5) is 13.2. The van der Waals surface area contributed by atoms with E-state index in [1.165, 1.54) is 0 Å². The molecule has 5 nitrogen and oxygen atoms in total. The Hall–Kier alpha value is -0.650. The van der Waals surface area contributed by atoms with Gasteiger partial charge in [0, 0.05) is 19.6 Å². The number of nitrogens with zero attached hydrogens (tertiary/aromatic N) is 1. The fraction of sp³-hybridized carbons (Fsp3) is 0.917. The molecule has 1 saturated heterocycles. The van der Waals surface area contributed by atoms with Crippen LogP contribution in [0.2, 0.25) is 0 Å². The number of morpholine rings is 1.